The van der Waals surface area contributed by atoms with E-state index in [1.807, 2.05) is 36.4 Å². The van der Waals surface area contributed by atoms with Crippen molar-refractivity contribution in [3.05, 3.63) is 101 Å². The largest absolute Gasteiger partial charge is 0.507 e. The van der Waals surface area contributed by atoms with Crippen LogP contribution in [0.25, 0.3) is 27.4 Å². The fourth-order valence-electron chi connectivity index (χ4n) is 3.92. The number of phenols is 1. The third-order valence-electron chi connectivity index (χ3n) is 5.74. The van der Waals surface area contributed by atoms with Crippen LogP contribution in [-0.2, 0) is 4.79 Å². The number of carbonyl (C=O) groups excluding carboxylic acids is 1. The quantitative estimate of drug-likeness (QED) is 0.145. The highest BCUT2D eigenvalue weighted by molar-refractivity contribution is 7.99. The molecule has 0 unspecified atom stereocenters. The first-order valence-corrected chi connectivity index (χ1v) is 12.4. The molecule has 0 fully saturated rings. The summed E-state index contributed by atoms with van der Waals surface area (Å²) in [5.41, 5.74) is 3.92. The molecule has 0 aliphatic heterocycles. The third kappa shape index (κ3) is 5.03. The summed E-state index contributed by atoms with van der Waals surface area (Å²) in [5, 5.41) is 16.9. The molecule has 0 saturated heterocycles. The SMILES string of the molecule is COc1ccc(-n2c(SCC(=O)NN=Cc3c(O)ccc4ccccc34)nc3ccccc3c2=O)cc1. The van der Waals surface area contributed by atoms with Crippen LogP contribution in [0, 0.1) is 0 Å². The molecule has 1 aromatic heterocycles. The average molecular weight is 511 g/mol. The minimum atomic E-state index is -0.385. The molecule has 2 N–H and O–H groups in total. The van der Waals surface area contributed by atoms with Crippen molar-refractivity contribution in [3.8, 4) is 17.2 Å². The lowest BCUT2D eigenvalue weighted by Crippen LogP contribution is -2.24. The van der Waals surface area contributed by atoms with E-state index in [1.54, 1.807) is 55.6 Å². The number of hydrogen-bond donors (Lipinski definition) is 2. The number of methoxy groups -OCH3 is 1. The molecular formula is C28H22N4O4S. The van der Waals surface area contributed by atoms with Gasteiger partial charge in [0.25, 0.3) is 11.5 Å². The second-order valence-corrected chi connectivity index (χ2v) is 8.99. The van der Waals surface area contributed by atoms with Crippen LogP contribution in [0.15, 0.2) is 100.0 Å². The molecule has 5 aromatic rings. The lowest BCUT2D eigenvalue weighted by Gasteiger charge is -2.13. The maximum absolute atomic E-state index is 13.3. The highest BCUT2D eigenvalue weighted by Crippen LogP contribution is 2.26. The molecule has 9 heteroatoms. The Bertz CT molecular complexity index is 1700. The zero-order valence-electron chi connectivity index (χ0n) is 19.8. The number of hydrogen-bond acceptors (Lipinski definition) is 7. The highest BCUT2D eigenvalue weighted by atomic mass is 32.2. The Labute approximate surface area is 216 Å². The van der Waals surface area contributed by atoms with Gasteiger partial charge < -0.3 is 9.84 Å². The molecule has 0 bridgehead atoms. The number of thioether (sulfide) groups is 1. The van der Waals surface area contributed by atoms with Gasteiger partial charge in [-0.25, -0.2) is 10.4 Å². The smallest absolute Gasteiger partial charge is 0.266 e. The summed E-state index contributed by atoms with van der Waals surface area (Å²) in [6.45, 7) is 0. The van der Waals surface area contributed by atoms with Crippen molar-refractivity contribution in [2.75, 3.05) is 12.9 Å². The van der Waals surface area contributed by atoms with E-state index >= 15 is 0 Å². The second kappa shape index (κ2) is 10.5. The Morgan fingerprint density at radius 2 is 1.76 bits per heavy atom. The molecule has 0 spiro atoms. The lowest BCUT2D eigenvalue weighted by atomic mass is 10.0. The van der Waals surface area contributed by atoms with Gasteiger partial charge in [-0.3, -0.25) is 14.2 Å². The molecule has 0 saturated carbocycles. The second-order valence-electron chi connectivity index (χ2n) is 8.05. The molecule has 37 heavy (non-hydrogen) atoms. The minimum absolute atomic E-state index is 0.0280. The normalized spacial score (nSPS) is 11.3. The van der Waals surface area contributed by atoms with E-state index in [0.29, 0.717) is 33.1 Å². The molecule has 4 aromatic carbocycles. The Morgan fingerprint density at radius 3 is 2.54 bits per heavy atom. The molecule has 1 amide bonds. The molecule has 8 nitrogen and oxygen atoms in total. The fourth-order valence-corrected chi connectivity index (χ4v) is 4.72. The number of nitrogens with zero attached hydrogens (tertiary/aromatic N) is 3. The molecule has 184 valence electrons. The Morgan fingerprint density at radius 1 is 1.03 bits per heavy atom. The molecule has 0 radical (unpaired) electrons. The van der Waals surface area contributed by atoms with E-state index in [0.717, 1.165) is 22.5 Å². The van der Waals surface area contributed by atoms with Crippen LogP contribution in [0.4, 0.5) is 0 Å². The molecule has 0 aliphatic rings. The van der Waals surface area contributed by atoms with Gasteiger partial charge in [0, 0.05) is 5.56 Å². The third-order valence-corrected chi connectivity index (χ3v) is 6.68. The lowest BCUT2D eigenvalue weighted by molar-refractivity contribution is -0.118. The number of amides is 1. The van der Waals surface area contributed by atoms with Crippen LogP contribution >= 0.6 is 11.8 Å². The van der Waals surface area contributed by atoms with Gasteiger partial charge in [0.1, 0.15) is 11.5 Å². The molecular weight excluding hydrogens is 488 g/mol. The summed E-state index contributed by atoms with van der Waals surface area (Å²) in [5.74, 6) is 0.314. The number of nitrogens with one attached hydrogen (secondary N) is 1. The van der Waals surface area contributed by atoms with Crippen LogP contribution in [0.1, 0.15) is 5.56 Å². The number of ether oxygens (including phenoxy) is 1. The van der Waals surface area contributed by atoms with Crippen LogP contribution in [-0.4, -0.2) is 39.6 Å². The zero-order chi connectivity index (χ0) is 25.8. The van der Waals surface area contributed by atoms with Gasteiger partial charge >= 0.3 is 0 Å². The average Bonchev–Trinajstić information content (AvgIpc) is 2.93. The number of phenolic OH excluding ortho intramolecular Hbond substituents is 1. The van der Waals surface area contributed by atoms with Crippen molar-refractivity contribution in [1.82, 2.24) is 15.0 Å². The van der Waals surface area contributed by atoms with Crippen LogP contribution < -0.4 is 15.7 Å². The van der Waals surface area contributed by atoms with E-state index in [1.165, 1.54) is 10.8 Å². The molecule has 0 aliphatic carbocycles. The van der Waals surface area contributed by atoms with Gasteiger partial charge in [0.2, 0.25) is 0 Å². The van der Waals surface area contributed by atoms with Gasteiger partial charge in [0.05, 0.1) is 35.7 Å². The first-order chi connectivity index (χ1) is 18.0. The van der Waals surface area contributed by atoms with Crippen molar-refractivity contribution in [2.24, 2.45) is 5.10 Å². The van der Waals surface area contributed by atoms with E-state index in [2.05, 4.69) is 15.5 Å². The van der Waals surface area contributed by atoms with Gasteiger partial charge in [0.15, 0.2) is 5.16 Å². The number of carbonyl (C=O) groups is 1. The number of para-hydroxylation sites is 1. The van der Waals surface area contributed by atoms with E-state index in [9.17, 15) is 14.7 Å². The summed E-state index contributed by atoms with van der Waals surface area (Å²) in [6.07, 6.45) is 1.42. The van der Waals surface area contributed by atoms with Crippen LogP contribution in [0.2, 0.25) is 0 Å². The van der Waals surface area contributed by atoms with Crippen molar-refractivity contribution in [3.63, 3.8) is 0 Å². The summed E-state index contributed by atoms with van der Waals surface area (Å²) in [7, 11) is 1.57. The topological polar surface area (TPSA) is 106 Å². The number of aromatic nitrogens is 2. The van der Waals surface area contributed by atoms with Gasteiger partial charge in [-0.2, -0.15) is 5.10 Å². The Kier molecular flexibility index (Phi) is 6.87. The molecule has 1 heterocycles. The highest BCUT2D eigenvalue weighted by Gasteiger charge is 2.15. The van der Waals surface area contributed by atoms with Crippen molar-refractivity contribution >= 4 is 45.6 Å². The molecule has 0 atom stereocenters. The monoisotopic (exact) mass is 510 g/mol. The summed E-state index contributed by atoms with van der Waals surface area (Å²) in [4.78, 5) is 30.6. The van der Waals surface area contributed by atoms with Crippen molar-refractivity contribution in [1.29, 1.82) is 0 Å². The van der Waals surface area contributed by atoms with Crippen LogP contribution in [0.3, 0.4) is 0 Å². The van der Waals surface area contributed by atoms with Crippen molar-refractivity contribution < 1.29 is 14.6 Å². The summed E-state index contributed by atoms with van der Waals surface area (Å²) < 4.78 is 6.71. The summed E-state index contributed by atoms with van der Waals surface area (Å²) in [6, 6.07) is 25.1. The van der Waals surface area contributed by atoms with Gasteiger partial charge in [-0.05, 0) is 53.2 Å². The standard InChI is InChI=1S/C28H22N4O4S/c1-36-20-13-11-19(12-14-20)32-27(35)22-8-4-5-9-24(22)30-28(32)37-17-26(34)31-29-16-23-21-7-3-2-6-18(21)10-15-25(23)33/h2-16,33H,17H2,1H3,(H,31,34). The number of hydrazone groups is 1. The first-order valence-electron chi connectivity index (χ1n) is 11.4. The van der Waals surface area contributed by atoms with Gasteiger partial charge in [-0.15, -0.1) is 0 Å². The number of rotatable bonds is 7. The van der Waals surface area contributed by atoms with Gasteiger partial charge in [-0.1, -0.05) is 54.2 Å². The summed E-state index contributed by atoms with van der Waals surface area (Å²) >= 11 is 1.13. The van der Waals surface area contributed by atoms with E-state index in [4.69, 9.17) is 4.74 Å². The van der Waals surface area contributed by atoms with Crippen molar-refractivity contribution in [2.45, 2.75) is 5.16 Å². The maximum atomic E-state index is 13.3. The predicted octanol–water partition coefficient (Wildman–Crippen LogP) is 4.50. The zero-order valence-corrected chi connectivity index (χ0v) is 20.6. The Hall–Kier alpha value is -4.63. The fraction of sp³-hybridized carbons (Fsp3) is 0.0714. The van der Waals surface area contributed by atoms with Crippen LogP contribution in [0.5, 0.6) is 11.5 Å². The number of fused-ring (bicyclic) bond motifs is 2. The predicted molar refractivity (Wildman–Crippen MR) is 146 cm³/mol. The van der Waals surface area contributed by atoms with E-state index in [-0.39, 0.29) is 23.0 Å². The molecule has 5 rings (SSSR count). The number of benzene rings is 4. The minimum Gasteiger partial charge on any atom is -0.507 e. The maximum Gasteiger partial charge on any atom is 0.266 e. The van der Waals surface area contributed by atoms with E-state index < -0.39 is 0 Å². The first kappa shape index (κ1) is 24.1. The Balaban J connectivity index is 1.38. The number of aromatic hydroxyl groups is 1.